The van der Waals surface area contributed by atoms with Gasteiger partial charge in [-0.25, -0.2) is 4.68 Å². The van der Waals surface area contributed by atoms with Gasteiger partial charge in [0.2, 0.25) is 11.8 Å². The van der Waals surface area contributed by atoms with E-state index < -0.39 is 17.8 Å². The standard InChI is InChI=1S/C14H12F3N3O2/c1-20-13(22-9-5-3-2-4-6-9)10(7-8-11(18)21)12(19-20)14(15,16)17/h2-8H,1H3,(H2,18,21)/b8-7+. The first-order chi connectivity index (χ1) is 10.3. The van der Waals surface area contributed by atoms with E-state index in [1.807, 2.05) is 0 Å². The lowest BCUT2D eigenvalue weighted by Gasteiger charge is -2.07. The van der Waals surface area contributed by atoms with Crippen LogP contribution in [0.4, 0.5) is 13.2 Å². The molecule has 2 aromatic rings. The van der Waals surface area contributed by atoms with Crippen molar-refractivity contribution in [2.45, 2.75) is 6.18 Å². The largest absolute Gasteiger partial charge is 0.439 e. The quantitative estimate of drug-likeness (QED) is 0.883. The highest BCUT2D eigenvalue weighted by Crippen LogP contribution is 2.37. The maximum atomic E-state index is 13.0. The van der Waals surface area contributed by atoms with Crippen molar-refractivity contribution in [2.75, 3.05) is 0 Å². The Morgan fingerprint density at radius 1 is 1.32 bits per heavy atom. The van der Waals surface area contributed by atoms with Crippen molar-refractivity contribution in [3.05, 3.63) is 47.7 Å². The van der Waals surface area contributed by atoms with Crippen molar-refractivity contribution in [2.24, 2.45) is 12.8 Å². The number of nitrogens with two attached hydrogens (primary N) is 1. The smallest absolute Gasteiger partial charge is 0.435 e. The van der Waals surface area contributed by atoms with E-state index in [0.717, 1.165) is 16.8 Å². The molecule has 0 fully saturated rings. The molecular weight excluding hydrogens is 299 g/mol. The second-order valence-corrected chi connectivity index (χ2v) is 4.34. The Hall–Kier alpha value is -2.77. The molecule has 5 nitrogen and oxygen atoms in total. The third-order valence-electron chi connectivity index (χ3n) is 2.67. The number of primary amides is 1. The normalized spacial score (nSPS) is 11.8. The topological polar surface area (TPSA) is 70.1 Å². The van der Waals surface area contributed by atoms with Crippen molar-refractivity contribution in [1.29, 1.82) is 0 Å². The number of benzene rings is 1. The molecule has 0 aliphatic heterocycles. The van der Waals surface area contributed by atoms with E-state index in [9.17, 15) is 18.0 Å². The number of para-hydroxylation sites is 1. The fourth-order valence-corrected chi connectivity index (χ4v) is 1.77. The highest BCUT2D eigenvalue weighted by molar-refractivity contribution is 5.90. The van der Waals surface area contributed by atoms with Crippen LogP contribution in [0.15, 0.2) is 36.4 Å². The van der Waals surface area contributed by atoms with Crippen molar-refractivity contribution in [3.63, 3.8) is 0 Å². The molecule has 2 N–H and O–H groups in total. The maximum Gasteiger partial charge on any atom is 0.435 e. The lowest BCUT2D eigenvalue weighted by Crippen LogP contribution is -2.09. The van der Waals surface area contributed by atoms with Crippen molar-refractivity contribution in [3.8, 4) is 11.6 Å². The Morgan fingerprint density at radius 2 is 1.95 bits per heavy atom. The Morgan fingerprint density at radius 3 is 2.50 bits per heavy atom. The summed E-state index contributed by atoms with van der Waals surface area (Å²) in [5.41, 5.74) is 3.42. The molecular formula is C14H12F3N3O2. The first-order valence-electron chi connectivity index (χ1n) is 6.13. The average molecular weight is 311 g/mol. The van der Waals surface area contributed by atoms with E-state index in [-0.39, 0.29) is 11.4 Å². The molecule has 0 saturated heterocycles. The van der Waals surface area contributed by atoms with Crippen LogP contribution in [0.3, 0.4) is 0 Å². The Kier molecular flexibility index (Phi) is 4.20. The zero-order chi connectivity index (χ0) is 16.3. The highest BCUT2D eigenvalue weighted by Gasteiger charge is 2.38. The monoisotopic (exact) mass is 311 g/mol. The van der Waals surface area contributed by atoms with Crippen LogP contribution in [0.2, 0.25) is 0 Å². The first-order valence-corrected chi connectivity index (χ1v) is 6.13. The number of nitrogens with zero attached hydrogens (tertiary/aromatic N) is 2. The molecule has 0 aliphatic rings. The molecule has 8 heteroatoms. The summed E-state index contributed by atoms with van der Waals surface area (Å²) < 4.78 is 45.5. The predicted octanol–water partition coefficient (Wildman–Crippen LogP) is 2.73. The summed E-state index contributed by atoms with van der Waals surface area (Å²) in [6.07, 6.45) is -2.92. The number of rotatable bonds is 4. The minimum atomic E-state index is -4.69. The van der Waals surface area contributed by atoms with Gasteiger partial charge in [0.05, 0.1) is 5.56 Å². The van der Waals surface area contributed by atoms with Gasteiger partial charge in [0.15, 0.2) is 5.69 Å². The molecule has 1 aromatic heterocycles. The summed E-state index contributed by atoms with van der Waals surface area (Å²) >= 11 is 0. The molecule has 0 spiro atoms. The number of aromatic nitrogens is 2. The first kappa shape index (κ1) is 15.6. The highest BCUT2D eigenvalue weighted by atomic mass is 19.4. The van der Waals surface area contributed by atoms with E-state index in [1.54, 1.807) is 30.3 Å². The number of alkyl halides is 3. The lowest BCUT2D eigenvalue weighted by atomic mass is 10.2. The minimum absolute atomic E-state index is 0.143. The van der Waals surface area contributed by atoms with Gasteiger partial charge in [0.25, 0.3) is 0 Å². The van der Waals surface area contributed by atoms with Crippen LogP contribution >= 0.6 is 0 Å². The molecule has 2 rings (SSSR count). The SMILES string of the molecule is Cn1nc(C(F)(F)F)c(/C=C/C(N)=O)c1Oc1ccccc1. The third-order valence-corrected chi connectivity index (χ3v) is 2.67. The van der Waals surface area contributed by atoms with Gasteiger partial charge in [-0.2, -0.15) is 18.3 Å². The van der Waals surface area contributed by atoms with Crippen molar-refractivity contribution >= 4 is 12.0 Å². The van der Waals surface area contributed by atoms with Crippen LogP contribution in [-0.4, -0.2) is 15.7 Å². The predicted molar refractivity (Wildman–Crippen MR) is 73.0 cm³/mol. The van der Waals surface area contributed by atoms with Gasteiger partial charge in [0.1, 0.15) is 5.75 Å². The summed E-state index contributed by atoms with van der Waals surface area (Å²) in [5, 5.41) is 3.42. The Bertz CT molecular complexity index is 706. The summed E-state index contributed by atoms with van der Waals surface area (Å²) in [6, 6.07) is 8.26. The van der Waals surface area contributed by atoms with E-state index >= 15 is 0 Å². The summed E-state index contributed by atoms with van der Waals surface area (Å²) in [7, 11) is 1.31. The number of aryl methyl sites for hydroxylation is 1. The van der Waals surface area contributed by atoms with E-state index in [0.29, 0.717) is 5.75 Å². The van der Waals surface area contributed by atoms with E-state index in [2.05, 4.69) is 5.10 Å². The van der Waals surface area contributed by atoms with Gasteiger partial charge in [-0.05, 0) is 18.2 Å². The summed E-state index contributed by atoms with van der Waals surface area (Å²) in [5.74, 6) is -0.674. The van der Waals surface area contributed by atoms with Crippen LogP contribution in [-0.2, 0) is 18.0 Å². The molecule has 0 bridgehead atoms. The van der Waals surface area contributed by atoms with Crippen molar-refractivity contribution < 1.29 is 22.7 Å². The molecule has 22 heavy (non-hydrogen) atoms. The van der Waals surface area contributed by atoms with Crippen LogP contribution < -0.4 is 10.5 Å². The Labute approximate surface area is 123 Å². The molecule has 1 amide bonds. The lowest BCUT2D eigenvalue weighted by molar-refractivity contribution is -0.141. The average Bonchev–Trinajstić information content (AvgIpc) is 2.75. The van der Waals surface area contributed by atoms with Gasteiger partial charge in [-0.3, -0.25) is 4.79 Å². The minimum Gasteiger partial charge on any atom is -0.439 e. The third kappa shape index (κ3) is 3.46. The Balaban J connectivity index is 2.52. The number of ether oxygens (including phenoxy) is 1. The molecule has 116 valence electrons. The maximum absolute atomic E-state index is 13.0. The summed E-state index contributed by atoms with van der Waals surface area (Å²) in [4.78, 5) is 10.8. The van der Waals surface area contributed by atoms with Gasteiger partial charge in [-0.1, -0.05) is 18.2 Å². The van der Waals surface area contributed by atoms with Gasteiger partial charge < -0.3 is 10.5 Å². The molecule has 0 saturated carbocycles. The number of carbonyl (C=O) groups excluding carboxylic acids is 1. The zero-order valence-corrected chi connectivity index (χ0v) is 11.5. The fourth-order valence-electron chi connectivity index (χ4n) is 1.77. The fraction of sp³-hybridized carbons (Fsp3) is 0.143. The second-order valence-electron chi connectivity index (χ2n) is 4.34. The zero-order valence-electron chi connectivity index (χ0n) is 11.5. The van der Waals surface area contributed by atoms with Crippen molar-refractivity contribution in [1.82, 2.24) is 9.78 Å². The number of amides is 1. The number of carbonyl (C=O) groups is 1. The van der Waals surface area contributed by atoms with Crippen LogP contribution in [0.1, 0.15) is 11.3 Å². The number of hydrogen-bond donors (Lipinski definition) is 1. The summed E-state index contributed by atoms with van der Waals surface area (Å²) in [6.45, 7) is 0. The number of hydrogen-bond acceptors (Lipinski definition) is 3. The van der Waals surface area contributed by atoms with Gasteiger partial charge >= 0.3 is 6.18 Å². The van der Waals surface area contributed by atoms with Gasteiger partial charge in [-0.15, -0.1) is 0 Å². The van der Waals surface area contributed by atoms with E-state index in [4.69, 9.17) is 10.5 Å². The molecule has 0 radical (unpaired) electrons. The molecule has 0 unspecified atom stereocenters. The molecule has 1 aromatic carbocycles. The van der Waals surface area contributed by atoms with Crippen LogP contribution in [0.25, 0.3) is 6.08 Å². The molecule has 0 atom stereocenters. The van der Waals surface area contributed by atoms with Crippen LogP contribution in [0, 0.1) is 0 Å². The number of halogens is 3. The van der Waals surface area contributed by atoms with Crippen LogP contribution in [0.5, 0.6) is 11.6 Å². The second kappa shape index (κ2) is 5.92. The molecule has 1 heterocycles. The molecule has 0 aliphatic carbocycles. The van der Waals surface area contributed by atoms with E-state index in [1.165, 1.54) is 7.05 Å². The van der Waals surface area contributed by atoms with Gasteiger partial charge in [0, 0.05) is 13.1 Å².